The minimum absolute atomic E-state index is 0.618. The van der Waals surface area contributed by atoms with Gasteiger partial charge in [-0.15, -0.1) is 0 Å². The number of aliphatic hydroxyl groups excluding tert-OH is 1. The average molecular weight is 110 g/mol. The number of hydrogen-bond acceptors (Lipinski definition) is 2. The van der Waals surface area contributed by atoms with Crippen molar-refractivity contribution in [1.82, 2.24) is 0 Å². The van der Waals surface area contributed by atoms with Gasteiger partial charge in [-0.25, -0.2) is 0 Å². The molecule has 0 heterocycles. The minimum atomic E-state index is -3.09. The van der Waals surface area contributed by atoms with Crippen molar-refractivity contribution in [3.05, 3.63) is 0 Å². The van der Waals surface area contributed by atoms with Crippen LogP contribution in [0.1, 0.15) is 0 Å². The molecule has 6 heavy (non-hydrogen) atoms. The van der Waals surface area contributed by atoms with Gasteiger partial charge in [-0.1, -0.05) is 0 Å². The fraction of sp³-hybridized carbons (Fsp3) is 1.00. The Morgan fingerprint density at radius 2 is 1.83 bits per heavy atom. The van der Waals surface area contributed by atoms with E-state index in [0.29, 0.717) is 0 Å². The second-order valence-electron chi connectivity index (χ2n) is 0.996. The molecule has 0 rings (SSSR count). The summed E-state index contributed by atoms with van der Waals surface area (Å²) in [6.45, 7) is 0. The van der Waals surface area contributed by atoms with E-state index < -0.39 is 13.8 Å². The third-order valence-electron chi connectivity index (χ3n) is 0.221. The van der Waals surface area contributed by atoms with Crippen LogP contribution in [0.4, 0.5) is 0 Å². The van der Waals surface area contributed by atoms with Gasteiger partial charge in [-0.3, -0.25) is 15.6 Å². The summed E-state index contributed by atoms with van der Waals surface area (Å²) in [6, 6.07) is 0. The molecule has 0 amide bonds. The summed E-state index contributed by atoms with van der Waals surface area (Å²) in [4.78, 5) is 0. The van der Waals surface area contributed by atoms with Crippen LogP contribution in [0.3, 0.4) is 0 Å². The minimum Gasteiger partial charge on any atom is -0.386 e. The third kappa shape index (κ3) is 4.11. The Balaban J connectivity index is 3.48. The van der Waals surface area contributed by atoms with Gasteiger partial charge in [0.15, 0.2) is 0 Å². The Kier molecular flexibility index (Phi) is 1.74. The zero-order chi connectivity index (χ0) is 5.21. The van der Waals surface area contributed by atoms with Gasteiger partial charge in [-0.2, -0.15) is 0 Å². The van der Waals surface area contributed by atoms with Crippen molar-refractivity contribution in [3.8, 4) is 0 Å². The molecule has 5 heteroatoms. The molecular formula is CH7N2O2P. The predicted octanol–water partition coefficient (Wildman–Crippen LogP) is -0.953. The topological polar surface area (TPSA) is 89.3 Å². The highest BCUT2D eigenvalue weighted by atomic mass is 31.2. The quantitative estimate of drug-likeness (QED) is 0.379. The summed E-state index contributed by atoms with van der Waals surface area (Å²) in [7, 11) is -3.09. The summed E-state index contributed by atoms with van der Waals surface area (Å²) in [5.74, 6) is 0. The Labute approximate surface area is 35.6 Å². The molecule has 0 saturated carbocycles. The predicted molar refractivity (Wildman–Crippen MR) is 23.1 cm³/mol. The highest BCUT2D eigenvalue weighted by Crippen LogP contribution is 2.20. The fourth-order valence-electron chi connectivity index (χ4n) is 0. The molecule has 38 valence electrons. The zero-order valence-electron chi connectivity index (χ0n) is 3.16. The van der Waals surface area contributed by atoms with Crippen LogP contribution in [0.15, 0.2) is 0 Å². The van der Waals surface area contributed by atoms with Crippen LogP contribution in [0.5, 0.6) is 0 Å². The third-order valence-corrected chi connectivity index (χ3v) is 0.663. The molecule has 0 bridgehead atoms. The van der Waals surface area contributed by atoms with E-state index in [2.05, 4.69) is 11.0 Å². The van der Waals surface area contributed by atoms with Gasteiger partial charge in [0.2, 0.25) is 7.44 Å². The molecule has 0 spiro atoms. The van der Waals surface area contributed by atoms with Crippen LogP contribution >= 0.6 is 7.44 Å². The Bertz CT molecular complexity index is 75.6. The normalized spacial score (nSPS) is 11.8. The van der Waals surface area contributed by atoms with Crippen molar-refractivity contribution < 1.29 is 9.67 Å². The molecule has 0 aliphatic carbocycles. The number of aliphatic hydroxyl groups is 1. The number of nitrogens with two attached hydrogens (primary N) is 2. The van der Waals surface area contributed by atoms with Gasteiger partial charge in [0.05, 0.1) is 0 Å². The molecule has 4 nitrogen and oxygen atoms in total. The zero-order valence-corrected chi connectivity index (χ0v) is 4.06. The largest absolute Gasteiger partial charge is 0.386 e. The summed E-state index contributed by atoms with van der Waals surface area (Å²) in [5, 5.41) is 7.89. The van der Waals surface area contributed by atoms with E-state index in [4.69, 9.17) is 5.11 Å². The number of hydrogen-bond donors (Lipinski definition) is 3. The lowest BCUT2D eigenvalue weighted by molar-refractivity contribution is 0.358. The second-order valence-corrected chi connectivity index (χ2v) is 2.99. The smallest absolute Gasteiger partial charge is 0.230 e. The SMILES string of the molecule is NP(N)(=O)CO. The van der Waals surface area contributed by atoms with Crippen molar-refractivity contribution in [2.75, 3.05) is 6.35 Å². The molecule has 0 atom stereocenters. The lowest BCUT2D eigenvalue weighted by atomic mass is 11.7. The van der Waals surface area contributed by atoms with Gasteiger partial charge in [-0.05, 0) is 0 Å². The van der Waals surface area contributed by atoms with E-state index in [1.807, 2.05) is 0 Å². The van der Waals surface area contributed by atoms with Crippen LogP contribution in [0, 0.1) is 0 Å². The van der Waals surface area contributed by atoms with Crippen molar-refractivity contribution >= 4 is 7.44 Å². The van der Waals surface area contributed by atoms with E-state index in [9.17, 15) is 4.57 Å². The first-order valence-corrected chi connectivity index (χ1v) is 3.36. The molecule has 0 radical (unpaired) electrons. The van der Waals surface area contributed by atoms with E-state index in [1.54, 1.807) is 0 Å². The first kappa shape index (κ1) is 6.11. The van der Waals surface area contributed by atoms with E-state index >= 15 is 0 Å². The molecule has 0 aromatic rings. The number of rotatable bonds is 1. The standard InChI is InChI=1S/CH7N2O2P/c2-6(3,5)1-4/h4H,1H2,(H4,2,3,5). The molecule has 0 saturated heterocycles. The summed E-state index contributed by atoms with van der Waals surface area (Å²) < 4.78 is 9.89. The highest BCUT2D eigenvalue weighted by Gasteiger charge is 2.01. The van der Waals surface area contributed by atoms with Crippen molar-refractivity contribution in [3.63, 3.8) is 0 Å². The molecule has 5 N–H and O–H groups in total. The molecular weight excluding hydrogens is 103 g/mol. The van der Waals surface area contributed by atoms with Crippen LogP contribution in [0.25, 0.3) is 0 Å². The first-order valence-electron chi connectivity index (χ1n) is 1.33. The van der Waals surface area contributed by atoms with Crippen LogP contribution in [-0.4, -0.2) is 11.5 Å². The Morgan fingerprint density at radius 1 is 1.67 bits per heavy atom. The van der Waals surface area contributed by atoms with E-state index in [-0.39, 0.29) is 0 Å². The summed E-state index contributed by atoms with van der Waals surface area (Å²) in [6.07, 6.45) is -0.618. The molecule has 0 aliphatic rings. The van der Waals surface area contributed by atoms with Crippen LogP contribution in [0.2, 0.25) is 0 Å². The van der Waals surface area contributed by atoms with E-state index in [0.717, 1.165) is 0 Å². The lowest BCUT2D eigenvalue weighted by Gasteiger charge is -1.95. The molecule has 0 fully saturated rings. The molecule has 0 aromatic heterocycles. The fourth-order valence-corrected chi connectivity index (χ4v) is 0. The van der Waals surface area contributed by atoms with Gasteiger partial charge in [0, 0.05) is 0 Å². The molecule has 0 unspecified atom stereocenters. The average Bonchev–Trinajstić information content (AvgIpc) is 1.35. The van der Waals surface area contributed by atoms with E-state index in [1.165, 1.54) is 0 Å². The molecule has 0 aromatic carbocycles. The maximum absolute atomic E-state index is 9.89. The summed E-state index contributed by atoms with van der Waals surface area (Å²) >= 11 is 0. The van der Waals surface area contributed by atoms with Crippen molar-refractivity contribution in [2.24, 2.45) is 11.0 Å². The van der Waals surface area contributed by atoms with Gasteiger partial charge < -0.3 is 5.11 Å². The lowest BCUT2D eigenvalue weighted by Crippen LogP contribution is -2.07. The first-order chi connectivity index (χ1) is 2.56. The Morgan fingerprint density at radius 3 is 1.83 bits per heavy atom. The van der Waals surface area contributed by atoms with Crippen molar-refractivity contribution in [1.29, 1.82) is 0 Å². The van der Waals surface area contributed by atoms with Crippen LogP contribution < -0.4 is 11.0 Å². The highest BCUT2D eigenvalue weighted by molar-refractivity contribution is 7.58. The summed E-state index contributed by atoms with van der Waals surface area (Å²) in [5.41, 5.74) is 9.24. The maximum Gasteiger partial charge on any atom is 0.230 e. The van der Waals surface area contributed by atoms with Gasteiger partial charge in [0.25, 0.3) is 0 Å². The molecule has 0 aliphatic heterocycles. The Hall–Kier alpha value is 0.110. The van der Waals surface area contributed by atoms with Gasteiger partial charge >= 0.3 is 0 Å². The van der Waals surface area contributed by atoms with Crippen LogP contribution in [-0.2, 0) is 4.57 Å². The maximum atomic E-state index is 9.89. The monoisotopic (exact) mass is 110 g/mol. The van der Waals surface area contributed by atoms with Crippen molar-refractivity contribution in [2.45, 2.75) is 0 Å². The second kappa shape index (κ2) is 1.71. The van der Waals surface area contributed by atoms with Gasteiger partial charge in [0.1, 0.15) is 6.35 Å².